The summed E-state index contributed by atoms with van der Waals surface area (Å²) in [6, 6.07) is 0. The monoisotopic (exact) mass is 514 g/mol. The molecule has 212 valence electrons. The van der Waals surface area contributed by atoms with Crippen molar-refractivity contribution < 1.29 is 9.53 Å². The molecule has 0 aromatic carbocycles. The first-order valence-electron chi connectivity index (χ1n) is 15.9. The smallest absolute Gasteiger partial charge is 0.428 e. The van der Waals surface area contributed by atoms with Crippen LogP contribution in [0.4, 0.5) is 4.79 Å². The molecule has 0 aromatic heterocycles. The molecule has 4 saturated carbocycles. The zero-order chi connectivity index (χ0) is 27.0. The Labute approximate surface area is 228 Å². The SMILES string of the molecule is CC(C)CCC[C@@H](C)[C@H]1CCC2C3CCC4C/C(=N/NC(=O)OC(C)(C)C)CCC[C@]4(C)C3CC[C@@]21C. The van der Waals surface area contributed by atoms with Crippen molar-refractivity contribution in [1.29, 1.82) is 0 Å². The predicted molar refractivity (Wildman–Crippen MR) is 154 cm³/mol. The van der Waals surface area contributed by atoms with Gasteiger partial charge < -0.3 is 4.74 Å². The van der Waals surface area contributed by atoms with Gasteiger partial charge in [-0.2, -0.15) is 5.10 Å². The van der Waals surface area contributed by atoms with Gasteiger partial charge in [0.05, 0.1) is 0 Å². The zero-order valence-electron chi connectivity index (χ0n) is 25.5. The van der Waals surface area contributed by atoms with E-state index in [-0.39, 0.29) is 0 Å². The molecule has 1 N–H and O–H groups in total. The average molecular weight is 515 g/mol. The predicted octanol–water partition coefficient (Wildman–Crippen LogP) is 9.38. The van der Waals surface area contributed by atoms with Gasteiger partial charge in [0.15, 0.2) is 0 Å². The summed E-state index contributed by atoms with van der Waals surface area (Å²) >= 11 is 0. The second-order valence-electron chi connectivity index (χ2n) is 15.5. The van der Waals surface area contributed by atoms with E-state index in [2.05, 4.69) is 45.1 Å². The maximum absolute atomic E-state index is 12.2. The second-order valence-corrected chi connectivity index (χ2v) is 15.5. The van der Waals surface area contributed by atoms with E-state index in [1.54, 1.807) is 0 Å². The van der Waals surface area contributed by atoms with E-state index in [9.17, 15) is 4.79 Å². The molecule has 0 aliphatic heterocycles. The van der Waals surface area contributed by atoms with Crippen LogP contribution in [-0.2, 0) is 4.74 Å². The van der Waals surface area contributed by atoms with Gasteiger partial charge in [-0.15, -0.1) is 0 Å². The van der Waals surface area contributed by atoms with Crippen LogP contribution in [0.25, 0.3) is 0 Å². The van der Waals surface area contributed by atoms with E-state index < -0.39 is 11.7 Å². The van der Waals surface area contributed by atoms with Crippen molar-refractivity contribution in [3.05, 3.63) is 0 Å². The summed E-state index contributed by atoms with van der Waals surface area (Å²) in [4.78, 5) is 12.2. The summed E-state index contributed by atoms with van der Waals surface area (Å²) in [5.41, 5.74) is 4.37. The normalized spacial score (nSPS) is 39.9. The molecule has 37 heavy (non-hydrogen) atoms. The number of rotatable bonds is 6. The van der Waals surface area contributed by atoms with Crippen molar-refractivity contribution in [3.8, 4) is 0 Å². The molecular formula is C33H58N2O2. The van der Waals surface area contributed by atoms with Crippen molar-refractivity contribution in [3.63, 3.8) is 0 Å². The Kier molecular flexibility index (Phi) is 8.76. The van der Waals surface area contributed by atoms with Crippen LogP contribution in [0.3, 0.4) is 0 Å². The molecule has 4 heteroatoms. The molecule has 4 aliphatic carbocycles. The second kappa shape index (κ2) is 11.2. The molecule has 0 radical (unpaired) electrons. The molecular weight excluding hydrogens is 456 g/mol. The van der Waals surface area contributed by atoms with Crippen molar-refractivity contribution in [1.82, 2.24) is 5.43 Å². The molecule has 4 nitrogen and oxygen atoms in total. The molecule has 4 rings (SSSR count). The Hall–Kier alpha value is -1.06. The molecule has 4 unspecified atom stereocenters. The Bertz CT molecular complexity index is 829. The van der Waals surface area contributed by atoms with Gasteiger partial charge in [0.1, 0.15) is 5.60 Å². The highest BCUT2D eigenvalue weighted by atomic mass is 16.6. The van der Waals surface area contributed by atoms with Crippen LogP contribution >= 0.6 is 0 Å². The molecule has 4 fully saturated rings. The first-order valence-corrected chi connectivity index (χ1v) is 15.9. The van der Waals surface area contributed by atoms with Gasteiger partial charge in [0.2, 0.25) is 0 Å². The fourth-order valence-corrected chi connectivity index (χ4v) is 9.87. The van der Waals surface area contributed by atoms with Crippen LogP contribution in [-0.4, -0.2) is 17.4 Å². The highest BCUT2D eigenvalue weighted by Crippen LogP contribution is 2.68. The van der Waals surface area contributed by atoms with E-state index in [4.69, 9.17) is 4.74 Å². The standard InChI is InChI=1S/C33H58N2O2/c1-22(2)11-9-12-23(3)27-16-17-28-26-15-14-24-21-25(34-35-30(36)37-31(4,5)6)13-10-19-32(24,7)29(26)18-20-33(27,28)8/h22-24,26-29H,9-21H2,1-8H3,(H,35,36)/b34-25+/t23-,24?,26?,27-,28?,29?,32+,33-/m1/s1. The fraction of sp³-hybridized carbons (Fsp3) is 0.939. The summed E-state index contributed by atoms with van der Waals surface area (Å²) in [7, 11) is 0. The van der Waals surface area contributed by atoms with E-state index in [0.717, 1.165) is 48.3 Å². The van der Waals surface area contributed by atoms with Crippen molar-refractivity contribution in [2.45, 2.75) is 144 Å². The fourth-order valence-electron chi connectivity index (χ4n) is 9.87. The third-order valence-corrected chi connectivity index (χ3v) is 11.6. The van der Waals surface area contributed by atoms with Gasteiger partial charge in [-0.25, -0.2) is 10.2 Å². The number of nitrogens with one attached hydrogen (secondary N) is 1. The summed E-state index contributed by atoms with van der Waals surface area (Å²) in [5.74, 6) is 6.08. The lowest BCUT2D eigenvalue weighted by molar-refractivity contribution is -0.101. The van der Waals surface area contributed by atoms with Gasteiger partial charge in [-0.05, 0) is 137 Å². The van der Waals surface area contributed by atoms with Gasteiger partial charge in [-0.3, -0.25) is 0 Å². The highest BCUT2D eigenvalue weighted by Gasteiger charge is 2.60. The topological polar surface area (TPSA) is 50.7 Å². The number of carbonyl (C=O) groups is 1. The Morgan fingerprint density at radius 3 is 2.43 bits per heavy atom. The maximum atomic E-state index is 12.2. The third-order valence-electron chi connectivity index (χ3n) is 11.6. The third kappa shape index (κ3) is 6.24. The number of fused-ring (bicyclic) bond motifs is 5. The lowest BCUT2D eigenvalue weighted by Crippen LogP contribution is -2.52. The van der Waals surface area contributed by atoms with Crippen LogP contribution in [0.5, 0.6) is 0 Å². The van der Waals surface area contributed by atoms with Crippen molar-refractivity contribution >= 4 is 11.8 Å². The van der Waals surface area contributed by atoms with E-state index in [1.807, 2.05) is 20.8 Å². The number of hydrogen-bond acceptors (Lipinski definition) is 3. The minimum absolute atomic E-state index is 0.425. The quantitative estimate of drug-likeness (QED) is 0.359. The molecule has 0 heterocycles. The van der Waals surface area contributed by atoms with Gasteiger partial charge in [0.25, 0.3) is 0 Å². The number of nitrogens with zero attached hydrogens (tertiary/aromatic N) is 1. The van der Waals surface area contributed by atoms with Crippen LogP contribution in [0.2, 0.25) is 0 Å². The Balaban J connectivity index is 1.41. The molecule has 0 aromatic rings. The van der Waals surface area contributed by atoms with E-state index in [0.29, 0.717) is 16.7 Å². The first kappa shape index (κ1) is 28.9. The van der Waals surface area contributed by atoms with Crippen LogP contribution < -0.4 is 5.43 Å². The van der Waals surface area contributed by atoms with Crippen molar-refractivity contribution in [2.75, 3.05) is 0 Å². The Morgan fingerprint density at radius 2 is 1.73 bits per heavy atom. The summed E-state index contributed by atoms with van der Waals surface area (Å²) < 4.78 is 5.41. The summed E-state index contributed by atoms with van der Waals surface area (Å²) in [6.07, 6.45) is 16.9. The molecule has 0 spiro atoms. The summed E-state index contributed by atoms with van der Waals surface area (Å²) in [5, 5.41) is 4.57. The number of hydrazone groups is 1. The molecule has 4 aliphatic rings. The van der Waals surface area contributed by atoms with Crippen LogP contribution in [0.1, 0.15) is 139 Å². The highest BCUT2D eigenvalue weighted by molar-refractivity contribution is 5.86. The van der Waals surface area contributed by atoms with Crippen molar-refractivity contribution in [2.24, 2.45) is 57.4 Å². The van der Waals surface area contributed by atoms with Crippen LogP contribution in [0.15, 0.2) is 5.10 Å². The average Bonchev–Trinajstić information content (AvgIpc) is 3.05. The van der Waals surface area contributed by atoms with Gasteiger partial charge in [-0.1, -0.05) is 53.9 Å². The lowest BCUT2D eigenvalue weighted by Gasteiger charge is -2.59. The number of ether oxygens (including phenoxy) is 1. The van der Waals surface area contributed by atoms with Gasteiger partial charge >= 0.3 is 6.09 Å². The first-order chi connectivity index (χ1) is 17.3. The maximum Gasteiger partial charge on any atom is 0.428 e. The molecule has 0 saturated heterocycles. The summed E-state index contributed by atoms with van der Waals surface area (Å²) in [6.45, 7) is 18.4. The number of hydrogen-bond donors (Lipinski definition) is 1. The zero-order valence-corrected chi connectivity index (χ0v) is 25.5. The minimum atomic E-state index is -0.495. The minimum Gasteiger partial charge on any atom is -0.443 e. The molecule has 0 bridgehead atoms. The molecule has 8 atom stereocenters. The van der Waals surface area contributed by atoms with E-state index in [1.165, 1.54) is 76.3 Å². The van der Waals surface area contributed by atoms with Gasteiger partial charge in [0, 0.05) is 5.71 Å². The number of amides is 1. The Morgan fingerprint density at radius 1 is 1.00 bits per heavy atom. The molecule has 1 amide bonds. The van der Waals surface area contributed by atoms with Crippen LogP contribution in [0, 0.1) is 52.3 Å². The van der Waals surface area contributed by atoms with E-state index >= 15 is 0 Å². The lowest BCUT2D eigenvalue weighted by atomic mass is 9.46. The largest absolute Gasteiger partial charge is 0.443 e. The number of carbonyl (C=O) groups excluding carboxylic acids is 1.